The van der Waals surface area contributed by atoms with Gasteiger partial charge in [-0.2, -0.15) is 0 Å². The molecule has 2 N–H and O–H groups in total. The number of benzene rings is 2. The third-order valence-electron chi connectivity index (χ3n) is 3.45. The molecule has 136 valence electrons. The molecule has 0 atom stereocenters. The van der Waals surface area contributed by atoms with Crippen LogP contribution in [0.2, 0.25) is 0 Å². The smallest absolute Gasteiger partial charge is 0.258 e. The van der Waals surface area contributed by atoms with Crippen LogP contribution < -0.4 is 15.4 Å². The quantitative estimate of drug-likeness (QED) is 0.712. The molecule has 0 fully saturated rings. The van der Waals surface area contributed by atoms with Crippen LogP contribution >= 0.6 is 0 Å². The molecular formula is C20H22N2O4. The highest BCUT2D eigenvalue weighted by atomic mass is 16.5. The fraction of sp³-hybridized carbons (Fsp3) is 0.250. The summed E-state index contributed by atoms with van der Waals surface area (Å²) in [6, 6.07) is 15.3. The number of ether oxygens (including phenoxy) is 1. The molecule has 6 nitrogen and oxygen atoms in total. The number of nitrogens with one attached hydrogen (secondary N) is 2. The summed E-state index contributed by atoms with van der Waals surface area (Å²) in [6.07, 6.45) is 0. The molecule has 26 heavy (non-hydrogen) atoms. The van der Waals surface area contributed by atoms with Crippen molar-refractivity contribution in [3.63, 3.8) is 0 Å². The SMILES string of the molecule is CC(C)NC(=O)COc1ccccc1C(=O)NCC(=O)c1ccccc1. The normalized spacial score (nSPS) is 10.3. The van der Waals surface area contributed by atoms with Crippen LogP contribution in [0.5, 0.6) is 5.75 Å². The van der Waals surface area contributed by atoms with Crippen molar-refractivity contribution in [1.82, 2.24) is 10.6 Å². The molecule has 0 aliphatic rings. The standard InChI is InChI=1S/C20H22N2O4/c1-14(2)22-19(24)13-26-18-11-7-6-10-16(18)20(25)21-12-17(23)15-8-4-3-5-9-15/h3-11,14H,12-13H2,1-2H3,(H,21,25)(H,22,24). The van der Waals surface area contributed by atoms with E-state index in [1.807, 2.05) is 19.9 Å². The maximum Gasteiger partial charge on any atom is 0.258 e. The lowest BCUT2D eigenvalue weighted by Gasteiger charge is -2.12. The Morgan fingerprint density at radius 2 is 1.62 bits per heavy atom. The number of ketones is 1. The first-order valence-corrected chi connectivity index (χ1v) is 8.35. The minimum atomic E-state index is -0.436. The van der Waals surface area contributed by atoms with Gasteiger partial charge in [-0.05, 0) is 26.0 Å². The van der Waals surface area contributed by atoms with E-state index in [0.29, 0.717) is 5.56 Å². The Hall–Kier alpha value is -3.15. The van der Waals surface area contributed by atoms with Crippen molar-refractivity contribution >= 4 is 17.6 Å². The van der Waals surface area contributed by atoms with Gasteiger partial charge in [-0.3, -0.25) is 14.4 Å². The summed E-state index contributed by atoms with van der Waals surface area (Å²) < 4.78 is 5.45. The fourth-order valence-electron chi connectivity index (χ4n) is 2.27. The van der Waals surface area contributed by atoms with Crippen LogP contribution in [0, 0.1) is 0 Å². The van der Waals surface area contributed by atoms with Gasteiger partial charge >= 0.3 is 0 Å². The molecule has 0 bridgehead atoms. The van der Waals surface area contributed by atoms with E-state index in [2.05, 4.69) is 10.6 Å². The Morgan fingerprint density at radius 1 is 0.962 bits per heavy atom. The topological polar surface area (TPSA) is 84.5 Å². The average Bonchev–Trinajstić information content (AvgIpc) is 2.64. The second-order valence-electron chi connectivity index (χ2n) is 5.98. The Bertz CT molecular complexity index is 772. The van der Waals surface area contributed by atoms with Crippen molar-refractivity contribution in [3.05, 3.63) is 65.7 Å². The number of para-hydroxylation sites is 1. The van der Waals surface area contributed by atoms with Gasteiger partial charge in [0.1, 0.15) is 5.75 Å². The highest BCUT2D eigenvalue weighted by Gasteiger charge is 2.15. The predicted molar refractivity (Wildman–Crippen MR) is 98.3 cm³/mol. The van der Waals surface area contributed by atoms with Gasteiger partial charge < -0.3 is 15.4 Å². The van der Waals surface area contributed by atoms with Crippen LogP contribution in [0.25, 0.3) is 0 Å². The Morgan fingerprint density at radius 3 is 2.31 bits per heavy atom. The van der Waals surface area contributed by atoms with E-state index in [1.165, 1.54) is 0 Å². The molecule has 0 spiro atoms. The molecule has 0 aliphatic carbocycles. The van der Waals surface area contributed by atoms with Crippen LogP contribution in [-0.2, 0) is 4.79 Å². The van der Waals surface area contributed by atoms with Gasteiger partial charge in [0, 0.05) is 11.6 Å². The number of amides is 2. The van der Waals surface area contributed by atoms with E-state index in [9.17, 15) is 14.4 Å². The third kappa shape index (κ3) is 5.73. The lowest BCUT2D eigenvalue weighted by Crippen LogP contribution is -2.34. The summed E-state index contributed by atoms with van der Waals surface area (Å²) in [5.41, 5.74) is 0.799. The summed E-state index contributed by atoms with van der Waals surface area (Å²) in [5.74, 6) is -0.603. The second kappa shape index (κ2) is 9.36. The zero-order chi connectivity index (χ0) is 18.9. The Labute approximate surface area is 152 Å². The van der Waals surface area contributed by atoms with E-state index in [1.54, 1.807) is 48.5 Å². The van der Waals surface area contributed by atoms with Gasteiger partial charge in [0.05, 0.1) is 12.1 Å². The monoisotopic (exact) mass is 354 g/mol. The van der Waals surface area contributed by atoms with E-state index >= 15 is 0 Å². The van der Waals surface area contributed by atoms with Crippen molar-refractivity contribution < 1.29 is 19.1 Å². The van der Waals surface area contributed by atoms with Gasteiger partial charge in [-0.15, -0.1) is 0 Å². The van der Waals surface area contributed by atoms with E-state index in [0.717, 1.165) is 0 Å². The van der Waals surface area contributed by atoms with Crippen molar-refractivity contribution in [2.75, 3.05) is 13.2 Å². The van der Waals surface area contributed by atoms with Gasteiger partial charge in [0.15, 0.2) is 12.4 Å². The van der Waals surface area contributed by atoms with E-state index in [-0.39, 0.29) is 42.2 Å². The van der Waals surface area contributed by atoms with Gasteiger partial charge in [-0.1, -0.05) is 42.5 Å². The highest BCUT2D eigenvalue weighted by Crippen LogP contribution is 2.17. The molecule has 0 unspecified atom stereocenters. The molecule has 0 saturated heterocycles. The van der Waals surface area contributed by atoms with E-state index in [4.69, 9.17) is 4.74 Å². The van der Waals surface area contributed by atoms with Gasteiger partial charge in [0.2, 0.25) is 0 Å². The first-order valence-electron chi connectivity index (χ1n) is 8.35. The maximum atomic E-state index is 12.4. The summed E-state index contributed by atoms with van der Waals surface area (Å²) in [7, 11) is 0. The molecule has 2 rings (SSSR count). The molecule has 0 heterocycles. The average molecular weight is 354 g/mol. The second-order valence-corrected chi connectivity index (χ2v) is 5.98. The number of carbonyl (C=O) groups excluding carboxylic acids is 3. The number of hydrogen-bond donors (Lipinski definition) is 2. The molecule has 0 saturated carbocycles. The molecule has 0 radical (unpaired) electrons. The van der Waals surface area contributed by atoms with Crippen LogP contribution in [-0.4, -0.2) is 36.8 Å². The fourth-order valence-corrected chi connectivity index (χ4v) is 2.27. The molecule has 2 aromatic rings. The summed E-state index contributed by atoms with van der Waals surface area (Å²) >= 11 is 0. The minimum Gasteiger partial charge on any atom is -0.483 e. The largest absolute Gasteiger partial charge is 0.483 e. The van der Waals surface area contributed by atoms with Crippen molar-refractivity contribution in [1.29, 1.82) is 0 Å². The summed E-state index contributed by atoms with van der Waals surface area (Å²) in [6.45, 7) is 3.39. The Kier molecular flexibility index (Phi) is 6.91. The zero-order valence-electron chi connectivity index (χ0n) is 14.8. The first-order chi connectivity index (χ1) is 12.5. The molecule has 2 aromatic carbocycles. The molecule has 0 aromatic heterocycles. The minimum absolute atomic E-state index is 0.00800. The number of carbonyl (C=O) groups is 3. The van der Waals surface area contributed by atoms with E-state index < -0.39 is 5.91 Å². The number of rotatable bonds is 8. The summed E-state index contributed by atoms with van der Waals surface area (Å²) in [4.78, 5) is 36.2. The molecule has 6 heteroatoms. The van der Waals surface area contributed by atoms with Gasteiger partial charge in [-0.25, -0.2) is 0 Å². The maximum absolute atomic E-state index is 12.4. The van der Waals surface area contributed by atoms with Crippen LogP contribution in [0.1, 0.15) is 34.6 Å². The predicted octanol–water partition coefficient (Wildman–Crippen LogP) is 2.20. The summed E-state index contributed by atoms with van der Waals surface area (Å²) in [5, 5.41) is 5.30. The highest BCUT2D eigenvalue weighted by molar-refractivity contribution is 6.03. The van der Waals surface area contributed by atoms with Crippen molar-refractivity contribution in [2.24, 2.45) is 0 Å². The Balaban J connectivity index is 1.96. The zero-order valence-corrected chi connectivity index (χ0v) is 14.8. The van der Waals surface area contributed by atoms with Crippen molar-refractivity contribution in [3.8, 4) is 5.75 Å². The number of hydrogen-bond acceptors (Lipinski definition) is 4. The van der Waals surface area contributed by atoms with Crippen LogP contribution in [0.3, 0.4) is 0 Å². The number of Topliss-reactive ketones (excluding diaryl/α,β-unsaturated/α-hetero) is 1. The lowest BCUT2D eigenvalue weighted by molar-refractivity contribution is -0.123. The molecule has 2 amide bonds. The van der Waals surface area contributed by atoms with Crippen LogP contribution in [0.15, 0.2) is 54.6 Å². The lowest BCUT2D eigenvalue weighted by atomic mass is 10.1. The van der Waals surface area contributed by atoms with Crippen molar-refractivity contribution in [2.45, 2.75) is 19.9 Å². The molecular weight excluding hydrogens is 332 g/mol. The van der Waals surface area contributed by atoms with Gasteiger partial charge in [0.25, 0.3) is 11.8 Å². The first kappa shape index (κ1) is 19.2. The molecule has 0 aliphatic heterocycles. The van der Waals surface area contributed by atoms with Crippen LogP contribution in [0.4, 0.5) is 0 Å². The third-order valence-corrected chi connectivity index (χ3v) is 3.45.